The lowest BCUT2D eigenvalue weighted by atomic mass is 9.68. The molecule has 1 atom stereocenters. The molecule has 0 aliphatic heterocycles. The lowest BCUT2D eigenvalue weighted by Crippen LogP contribution is -2.26. The molecular formula is C59H98O3. The summed E-state index contributed by atoms with van der Waals surface area (Å²) in [5, 5.41) is 34.0. The Morgan fingerprint density at radius 3 is 1.63 bits per heavy atom. The molecule has 0 aromatic heterocycles. The van der Waals surface area contributed by atoms with Gasteiger partial charge in [-0.25, -0.2) is 0 Å². The van der Waals surface area contributed by atoms with Crippen molar-refractivity contribution < 1.29 is 15.3 Å². The van der Waals surface area contributed by atoms with Crippen LogP contribution in [0.5, 0.6) is 5.75 Å². The van der Waals surface area contributed by atoms with Gasteiger partial charge in [0.15, 0.2) is 0 Å². The molecular weight excluding hydrogens is 757 g/mol. The first kappa shape index (κ1) is 56.8. The van der Waals surface area contributed by atoms with Crippen LogP contribution >= 0.6 is 0 Å². The van der Waals surface area contributed by atoms with E-state index in [1.165, 1.54) is 56.5 Å². The number of aliphatic hydroxyl groups excluding tert-OH is 2. The van der Waals surface area contributed by atoms with E-state index < -0.39 is 0 Å². The van der Waals surface area contributed by atoms with Gasteiger partial charge in [-0.3, -0.25) is 0 Å². The fourth-order valence-electron chi connectivity index (χ4n) is 8.33. The molecule has 3 rings (SSSR count). The largest absolute Gasteiger partial charge is 0.512 e. The fraction of sp³-hybridized carbons (Fsp3) is 0.661. The standard InChI is InChI=1S/C51H78O3.C6H14.C2H6/c1-20-51(18,19)43-29-36(28-42(46(43)54)50(15,16)17)26-39-33(4)37(23-31(2)24-40(48(9,10)11)45(53)30-47(6,7)8)32(3)38(34(39)5)25-35-21-22-44(52)41(27-35)49(12,13)14;1-5-6(2,3)4;1-2/h21-22,24,27-28,36,52-54H,20,23,25-26,29-30H2,1-19H3;5H2,1-4H3;1-2H3/b31-24+,45-40-;;. The Balaban J connectivity index is 0.00000220. The second-order valence-corrected chi connectivity index (χ2v) is 24.6. The number of rotatable bonds is 10. The zero-order valence-electron chi connectivity index (χ0n) is 45.3. The lowest BCUT2D eigenvalue weighted by Gasteiger charge is -2.37. The summed E-state index contributed by atoms with van der Waals surface area (Å²) in [6.07, 6.45) is 10.8. The SMILES string of the molecule is CC.CCC(C)(C)C.CCC(C)(C)C1=C(O)C(C(C)(C)C)=CC(Cc2c(C)c(C/C(C)=C/C(=C(/O)CC(C)(C)C)C(C)(C)C)c(C)c(Cc3ccc(O)c(C(C)(C)C)c3)c2C)C1. The van der Waals surface area contributed by atoms with Gasteiger partial charge in [-0.15, -0.1) is 0 Å². The lowest BCUT2D eigenvalue weighted by molar-refractivity contribution is 0.289. The van der Waals surface area contributed by atoms with E-state index in [1.807, 2.05) is 19.9 Å². The van der Waals surface area contributed by atoms with Gasteiger partial charge in [0.05, 0.1) is 5.76 Å². The normalized spacial score (nSPS) is 16.2. The summed E-state index contributed by atoms with van der Waals surface area (Å²) in [4.78, 5) is 0. The summed E-state index contributed by atoms with van der Waals surface area (Å²) in [5.41, 5.74) is 14.7. The molecule has 0 fully saturated rings. The van der Waals surface area contributed by atoms with Gasteiger partial charge in [0.2, 0.25) is 0 Å². The molecule has 0 bridgehead atoms. The van der Waals surface area contributed by atoms with Crippen molar-refractivity contribution in [1.82, 2.24) is 0 Å². The Morgan fingerprint density at radius 1 is 0.694 bits per heavy atom. The number of benzene rings is 2. The summed E-state index contributed by atoms with van der Waals surface area (Å²) in [6, 6.07) is 6.14. The first-order valence-corrected chi connectivity index (χ1v) is 24.1. The van der Waals surface area contributed by atoms with Crippen LogP contribution in [0, 0.1) is 53.8 Å². The van der Waals surface area contributed by atoms with Crippen molar-refractivity contribution in [2.24, 2.45) is 33.0 Å². The number of allylic oxidation sites excluding steroid dienone is 7. The first-order valence-electron chi connectivity index (χ1n) is 24.1. The zero-order chi connectivity index (χ0) is 48.7. The molecule has 1 unspecified atom stereocenters. The predicted molar refractivity (Wildman–Crippen MR) is 275 cm³/mol. The fourth-order valence-corrected chi connectivity index (χ4v) is 8.33. The van der Waals surface area contributed by atoms with E-state index in [-0.39, 0.29) is 33.0 Å². The Labute approximate surface area is 384 Å². The van der Waals surface area contributed by atoms with Crippen molar-refractivity contribution in [3.63, 3.8) is 0 Å². The summed E-state index contributed by atoms with van der Waals surface area (Å²) >= 11 is 0. The molecule has 1 aliphatic rings. The van der Waals surface area contributed by atoms with Crippen LogP contribution in [0.4, 0.5) is 0 Å². The van der Waals surface area contributed by atoms with Crippen LogP contribution < -0.4 is 0 Å². The molecule has 62 heavy (non-hydrogen) atoms. The number of phenols is 1. The van der Waals surface area contributed by atoms with Crippen LogP contribution in [0.1, 0.15) is 223 Å². The molecule has 2 aromatic rings. The van der Waals surface area contributed by atoms with Crippen molar-refractivity contribution >= 4 is 0 Å². The molecule has 0 saturated carbocycles. The summed E-state index contributed by atoms with van der Waals surface area (Å²) in [7, 11) is 0. The first-order chi connectivity index (χ1) is 27.9. The van der Waals surface area contributed by atoms with Crippen molar-refractivity contribution in [1.29, 1.82) is 0 Å². The molecule has 3 N–H and O–H groups in total. The van der Waals surface area contributed by atoms with Gasteiger partial charge < -0.3 is 15.3 Å². The van der Waals surface area contributed by atoms with Crippen LogP contribution in [0.3, 0.4) is 0 Å². The second-order valence-electron chi connectivity index (χ2n) is 24.6. The van der Waals surface area contributed by atoms with Gasteiger partial charge in [-0.2, -0.15) is 0 Å². The Morgan fingerprint density at radius 2 is 1.19 bits per heavy atom. The summed E-state index contributed by atoms with van der Waals surface area (Å²) < 4.78 is 0. The maximum absolute atomic E-state index is 11.7. The van der Waals surface area contributed by atoms with E-state index in [9.17, 15) is 15.3 Å². The van der Waals surface area contributed by atoms with Crippen LogP contribution in [0.25, 0.3) is 0 Å². The van der Waals surface area contributed by atoms with Crippen LogP contribution in [0.2, 0.25) is 0 Å². The van der Waals surface area contributed by atoms with Gasteiger partial charge >= 0.3 is 0 Å². The molecule has 0 saturated heterocycles. The average molecular weight is 855 g/mol. The van der Waals surface area contributed by atoms with Crippen LogP contribution in [-0.2, 0) is 24.7 Å². The highest BCUT2D eigenvalue weighted by atomic mass is 16.3. The highest BCUT2D eigenvalue weighted by molar-refractivity contribution is 5.55. The topological polar surface area (TPSA) is 60.7 Å². The molecule has 3 heteroatoms. The number of hydrogen-bond donors (Lipinski definition) is 3. The van der Waals surface area contributed by atoms with Gasteiger partial charge in [-0.1, -0.05) is 182 Å². The molecule has 0 heterocycles. The maximum Gasteiger partial charge on any atom is 0.119 e. The predicted octanol–water partition coefficient (Wildman–Crippen LogP) is 18.2. The molecule has 2 aromatic carbocycles. The monoisotopic (exact) mass is 855 g/mol. The van der Waals surface area contributed by atoms with Gasteiger partial charge in [0, 0.05) is 6.42 Å². The minimum atomic E-state index is -0.199. The molecule has 0 radical (unpaired) electrons. The van der Waals surface area contributed by atoms with E-state index >= 15 is 0 Å². The Hall–Kier alpha value is -3.20. The minimum Gasteiger partial charge on any atom is -0.512 e. The van der Waals surface area contributed by atoms with E-state index in [0.717, 1.165) is 48.8 Å². The molecule has 352 valence electrons. The minimum absolute atomic E-state index is 0.0179. The third kappa shape index (κ3) is 16.1. The Kier molecular flexibility index (Phi) is 19.8. The maximum atomic E-state index is 11.7. The summed E-state index contributed by atoms with van der Waals surface area (Å²) in [6.45, 7) is 55.1. The van der Waals surface area contributed by atoms with Crippen molar-refractivity contribution in [2.75, 3.05) is 0 Å². The molecule has 3 nitrogen and oxygen atoms in total. The molecule has 1 aliphatic carbocycles. The average Bonchev–Trinajstić information content (AvgIpc) is 3.12. The van der Waals surface area contributed by atoms with Gasteiger partial charge in [0.25, 0.3) is 0 Å². The highest BCUT2D eigenvalue weighted by Crippen LogP contribution is 2.47. The number of aliphatic hydroxyl groups is 2. The highest BCUT2D eigenvalue weighted by Gasteiger charge is 2.36. The smallest absolute Gasteiger partial charge is 0.119 e. The van der Waals surface area contributed by atoms with Crippen molar-refractivity contribution in [3.8, 4) is 5.75 Å². The van der Waals surface area contributed by atoms with E-state index in [1.54, 1.807) is 0 Å². The van der Waals surface area contributed by atoms with E-state index in [4.69, 9.17) is 0 Å². The third-order valence-electron chi connectivity index (χ3n) is 13.1. The van der Waals surface area contributed by atoms with Crippen molar-refractivity contribution in [2.45, 2.75) is 223 Å². The molecule has 0 spiro atoms. The van der Waals surface area contributed by atoms with Gasteiger partial charge in [-0.05, 0) is 166 Å². The number of aromatic hydroxyl groups is 1. The molecule has 0 amide bonds. The number of phenolic OH excluding ortho intramolecular Hbond substituents is 1. The van der Waals surface area contributed by atoms with Crippen LogP contribution in [0.15, 0.2) is 64.2 Å². The van der Waals surface area contributed by atoms with Crippen molar-refractivity contribution in [3.05, 3.63) is 109 Å². The van der Waals surface area contributed by atoms with Crippen LogP contribution in [-0.4, -0.2) is 15.3 Å². The number of hydrogen-bond acceptors (Lipinski definition) is 3. The van der Waals surface area contributed by atoms with E-state index in [0.29, 0.717) is 29.1 Å². The zero-order valence-corrected chi connectivity index (χ0v) is 45.3. The third-order valence-corrected chi connectivity index (χ3v) is 13.1. The quantitative estimate of drug-likeness (QED) is 0.165. The second kappa shape index (κ2) is 21.7. The van der Waals surface area contributed by atoms with E-state index in [2.05, 4.69) is 184 Å². The van der Waals surface area contributed by atoms with Gasteiger partial charge in [0.1, 0.15) is 11.5 Å². The summed E-state index contributed by atoms with van der Waals surface area (Å²) in [5.74, 6) is 1.60. The Bertz CT molecular complexity index is 1940.